The molecule has 88 valence electrons. The van der Waals surface area contributed by atoms with E-state index in [1.165, 1.54) is 12.6 Å². The fraction of sp³-hybridized carbons (Fsp3) is 0.100. The van der Waals surface area contributed by atoms with Gasteiger partial charge in [-0.1, -0.05) is 23.2 Å². The van der Waals surface area contributed by atoms with Crippen molar-refractivity contribution < 1.29 is 9.21 Å². The lowest BCUT2D eigenvalue weighted by Crippen LogP contribution is -2.13. The Labute approximate surface area is 107 Å². The zero-order valence-corrected chi connectivity index (χ0v) is 10.2. The summed E-state index contributed by atoms with van der Waals surface area (Å²) in [5.74, 6) is 0.309. The van der Waals surface area contributed by atoms with Crippen LogP contribution in [-0.4, -0.2) is 15.9 Å². The Bertz CT molecular complexity index is 568. The van der Waals surface area contributed by atoms with Gasteiger partial charge in [-0.3, -0.25) is 4.79 Å². The number of rotatable bonds is 2. The van der Waals surface area contributed by atoms with Crippen molar-refractivity contribution >= 4 is 34.9 Å². The number of carbonyl (C=O) groups is 1. The fourth-order valence-electron chi connectivity index (χ4n) is 1.23. The molecule has 0 unspecified atom stereocenters. The number of nitrogens with one attached hydrogen (secondary N) is 1. The van der Waals surface area contributed by atoms with Crippen LogP contribution in [0.25, 0.3) is 0 Å². The highest BCUT2D eigenvalue weighted by Gasteiger charge is 2.15. The van der Waals surface area contributed by atoms with Gasteiger partial charge in [0.25, 0.3) is 5.91 Å². The number of furan rings is 1. The second-order valence-corrected chi connectivity index (χ2v) is 3.91. The largest absolute Gasteiger partial charge is 0.469 e. The molecule has 0 aliphatic rings. The van der Waals surface area contributed by atoms with Gasteiger partial charge in [0.15, 0.2) is 11.0 Å². The second-order valence-electron chi connectivity index (χ2n) is 3.17. The Morgan fingerprint density at radius 3 is 2.82 bits per heavy atom. The molecule has 2 aromatic rings. The molecule has 0 saturated heterocycles. The topological polar surface area (TPSA) is 68.0 Å². The molecule has 0 saturated carbocycles. The van der Waals surface area contributed by atoms with Crippen LogP contribution in [0, 0.1) is 6.92 Å². The number of amides is 1. The van der Waals surface area contributed by atoms with Gasteiger partial charge in [0.2, 0.25) is 0 Å². The number of anilines is 1. The van der Waals surface area contributed by atoms with Crippen LogP contribution in [0.5, 0.6) is 0 Å². The Balaban J connectivity index is 2.25. The van der Waals surface area contributed by atoms with E-state index < -0.39 is 0 Å². The molecular weight excluding hydrogens is 265 g/mol. The van der Waals surface area contributed by atoms with Crippen molar-refractivity contribution in [1.29, 1.82) is 0 Å². The molecule has 17 heavy (non-hydrogen) atoms. The zero-order valence-electron chi connectivity index (χ0n) is 8.70. The van der Waals surface area contributed by atoms with Crippen LogP contribution in [0.1, 0.15) is 16.1 Å². The van der Waals surface area contributed by atoms with E-state index >= 15 is 0 Å². The van der Waals surface area contributed by atoms with E-state index in [0.717, 1.165) is 0 Å². The number of nitrogens with zero attached hydrogens (tertiary/aromatic N) is 2. The lowest BCUT2D eigenvalue weighted by atomic mass is 10.2. The van der Waals surface area contributed by atoms with Crippen LogP contribution in [-0.2, 0) is 0 Å². The van der Waals surface area contributed by atoms with E-state index in [9.17, 15) is 4.79 Å². The predicted octanol–water partition coefficient (Wildman–Crippen LogP) is 2.94. The van der Waals surface area contributed by atoms with Crippen molar-refractivity contribution in [2.75, 3.05) is 5.32 Å². The summed E-state index contributed by atoms with van der Waals surface area (Å²) >= 11 is 11.5. The normalized spacial score (nSPS) is 10.3. The van der Waals surface area contributed by atoms with Gasteiger partial charge in [0.1, 0.15) is 17.1 Å². The summed E-state index contributed by atoms with van der Waals surface area (Å²) in [7, 11) is 0. The molecule has 0 spiro atoms. The van der Waals surface area contributed by atoms with Crippen molar-refractivity contribution in [3.63, 3.8) is 0 Å². The summed E-state index contributed by atoms with van der Waals surface area (Å²) < 4.78 is 5.02. The molecule has 0 atom stereocenters. The highest BCUT2D eigenvalue weighted by Crippen LogP contribution is 2.25. The lowest BCUT2D eigenvalue weighted by Gasteiger charge is -2.05. The molecule has 1 amide bonds. The first-order valence-electron chi connectivity index (χ1n) is 4.61. The molecule has 0 fully saturated rings. The second kappa shape index (κ2) is 4.73. The first-order chi connectivity index (χ1) is 8.09. The Kier molecular flexibility index (Phi) is 3.31. The van der Waals surface area contributed by atoms with Crippen LogP contribution in [0.3, 0.4) is 0 Å². The van der Waals surface area contributed by atoms with Crippen LogP contribution in [0.2, 0.25) is 10.2 Å². The van der Waals surface area contributed by atoms with Crippen molar-refractivity contribution in [1.82, 2.24) is 9.97 Å². The number of halogens is 2. The van der Waals surface area contributed by atoms with E-state index in [1.807, 2.05) is 0 Å². The highest BCUT2D eigenvalue weighted by atomic mass is 35.5. The molecular formula is C10H7Cl2N3O2. The summed E-state index contributed by atoms with van der Waals surface area (Å²) in [4.78, 5) is 19.3. The molecule has 7 heteroatoms. The molecule has 0 aliphatic carbocycles. The molecule has 2 aromatic heterocycles. The van der Waals surface area contributed by atoms with Gasteiger partial charge < -0.3 is 9.73 Å². The first kappa shape index (κ1) is 11.9. The Hall–Kier alpha value is -1.59. The van der Waals surface area contributed by atoms with E-state index in [0.29, 0.717) is 11.3 Å². The summed E-state index contributed by atoms with van der Waals surface area (Å²) in [6.45, 7) is 1.68. The summed E-state index contributed by atoms with van der Waals surface area (Å²) in [6, 6.07) is 1.56. The van der Waals surface area contributed by atoms with Crippen LogP contribution in [0.15, 0.2) is 23.1 Å². The Morgan fingerprint density at radius 1 is 1.41 bits per heavy atom. The minimum atomic E-state index is -0.368. The molecule has 5 nitrogen and oxygen atoms in total. The van der Waals surface area contributed by atoms with Crippen molar-refractivity contribution in [2.45, 2.75) is 6.92 Å². The quantitative estimate of drug-likeness (QED) is 0.853. The highest BCUT2D eigenvalue weighted by molar-refractivity contribution is 6.43. The molecule has 0 radical (unpaired) electrons. The van der Waals surface area contributed by atoms with E-state index in [1.54, 1.807) is 13.0 Å². The summed E-state index contributed by atoms with van der Waals surface area (Å²) in [5, 5.41) is 2.71. The van der Waals surface area contributed by atoms with Gasteiger partial charge in [0.05, 0.1) is 11.8 Å². The third kappa shape index (κ3) is 2.40. The maximum Gasteiger partial charge on any atom is 0.260 e. The average Bonchev–Trinajstić information content (AvgIpc) is 2.71. The maximum absolute atomic E-state index is 11.8. The number of hydrogen-bond donors (Lipinski definition) is 1. The molecule has 2 heterocycles. The molecule has 0 aromatic carbocycles. The SMILES string of the molecule is Cc1occc1C(=O)Nc1ncnc(Cl)c1Cl. The van der Waals surface area contributed by atoms with E-state index in [-0.39, 0.29) is 21.9 Å². The van der Waals surface area contributed by atoms with Crippen molar-refractivity contribution in [3.8, 4) is 0 Å². The minimum Gasteiger partial charge on any atom is -0.469 e. The fourth-order valence-corrected chi connectivity index (χ4v) is 1.51. The predicted molar refractivity (Wildman–Crippen MR) is 63.5 cm³/mol. The third-order valence-corrected chi connectivity index (χ3v) is 2.82. The lowest BCUT2D eigenvalue weighted by molar-refractivity contribution is 0.102. The Morgan fingerprint density at radius 2 is 2.18 bits per heavy atom. The summed E-state index contributed by atoms with van der Waals surface area (Å²) in [5.41, 5.74) is 0.413. The number of aromatic nitrogens is 2. The van der Waals surface area contributed by atoms with Crippen molar-refractivity contribution in [2.24, 2.45) is 0 Å². The monoisotopic (exact) mass is 271 g/mol. The summed E-state index contributed by atoms with van der Waals surface area (Å²) in [6.07, 6.45) is 2.64. The minimum absolute atomic E-state index is 0.0842. The molecule has 0 bridgehead atoms. The molecule has 0 aliphatic heterocycles. The average molecular weight is 272 g/mol. The van der Waals surface area contributed by atoms with Gasteiger partial charge in [-0.15, -0.1) is 0 Å². The van der Waals surface area contributed by atoms with Crippen LogP contribution in [0.4, 0.5) is 5.82 Å². The van der Waals surface area contributed by atoms with Gasteiger partial charge in [-0.25, -0.2) is 9.97 Å². The number of carbonyl (C=O) groups excluding carboxylic acids is 1. The maximum atomic E-state index is 11.8. The van der Waals surface area contributed by atoms with E-state index in [2.05, 4.69) is 15.3 Å². The van der Waals surface area contributed by atoms with Gasteiger partial charge in [-0.2, -0.15) is 0 Å². The van der Waals surface area contributed by atoms with Gasteiger partial charge in [0, 0.05) is 0 Å². The molecule has 1 N–H and O–H groups in total. The zero-order chi connectivity index (χ0) is 12.4. The van der Waals surface area contributed by atoms with Gasteiger partial charge in [-0.05, 0) is 13.0 Å². The molecule has 2 rings (SSSR count). The number of aryl methyl sites for hydroxylation is 1. The number of hydrogen-bond acceptors (Lipinski definition) is 4. The van der Waals surface area contributed by atoms with Crippen LogP contribution >= 0.6 is 23.2 Å². The third-order valence-electron chi connectivity index (χ3n) is 2.08. The smallest absolute Gasteiger partial charge is 0.260 e. The van der Waals surface area contributed by atoms with Gasteiger partial charge >= 0.3 is 0 Å². The van der Waals surface area contributed by atoms with Crippen molar-refractivity contribution in [3.05, 3.63) is 40.2 Å². The van der Waals surface area contributed by atoms with Crippen LogP contribution < -0.4 is 5.32 Å². The standard InChI is InChI=1S/C10H7Cl2N3O2/c1-5-6(2-3-17-5)10(16)15-9-7(11)8(12)13-4-14-9/h2-4H,1H3,(H,13,14,15,16). The van der Waals surface area contributed by atoms with E-state index in [4.69, 9.17) is 27.6 Å². The first-order valence-corrected chi connectivity index (χ1v) is 5.36.